The van der Waals surface area contributed by atoms with Crippen LogP contribution in [0.5, 0.6) is 0 Å². The Morgan fingerprint density at radius 3 is 2.09 bits per heavy atom. The first kappa shape index (κ1) is 44.2. The van der Waals surface area contributed by atoms with Crippen molar-refractivity contribution in [3.8, 4) is 0 Å². The number of hydrogen-bond acceptors (Lipinski definition) is 10. The number of rotatable bonds is 11. The highest BCUT2D eigenvalue weighted by molar-refractivity contribution is 6.01. The van der Waals surface area contributed by atoms with Crippen molar-refractivity contribution in [3.63, 3.8) is 0 Å². The molecule has 58 heavy (non-hydrogen) atoms. The molecule has 2 saturated heterocycles. The van der Waals surface area contributed by atoms with Crippen LogP contribution in [0.4, 0.5) is 0 Å². The van der Waals surface area contributed by atoms with E-state index < -0.39 is 34.4 Å². The van der Waals surface area contributed by atoms with Gasteiger partial charge in [-0.25, -0.2) is 0 Å². The number of nitrogens with zero attached hydrogens (tertiary/aromatic N) is 3. The average Bonchev–Trinajstić information content (AvgIpc) is 3.48. The van der Waals surface area contributed by atoms with E-state index in [1.807, 2.05) is 0 Å². The van der Waals surface area contributed by atoms with Crippen LogP contribution in [0.25, 0.3) is 0 Å². The number of carbonyl (C=O) groups excluding carboxylic acids is 2. The van der Waals surface area contributed by atoms with Gasteiger partial charge in [0, 0.05) is 81.7 Å². The first-order valence-corrected chi connectivity index (χ1v) is 23.0. The van der Waals surface area contributed by atoms with Crippen LogP contribution >= 0.6 is 0 Å². The fourth-order valence-corrected chi connectivity index (χ4v) is 14.8. The van der Waals surface area contributed by atoms with Crippen molar-refractivity contribution in [2.24, 2.45) is 56.0 Å². The van der Waals surface area contributed by atoms with E-state index in [4.69, 9.17) is 15.2 Å². The van der Waals surface area contributed by atoms with Crippen molar-refractivity contribution in [2.45, 2.75) is 144 Å². The van der Waals surface area contributed by atoms with Gasteiger partial charge in [0.05, 0.1) is 31.2 Å². The Bertz CT molecular complexity index is 1630. The van der Waals surface area contributed by atoms with Gasteiger partial charge in [0.1, 0.15) is 6.10 Å². The van der Waals surface area contributed by atoms with Crippen molar-refractivity contribution in [2.75, 3.05) is 72.1 Å². The monoisotopic (exact) mass is 811 g/mol. The molecule has 0 bridgehead atoms. The van der Waals surface area contributed by atoms with Crippen LogP contribution in [0.15, 0.2) is 11.1 Å². The van der Waals surface area contributed by atoms with Gasteiger partial charge < -0.3 is 25.4 Å². The lowest BCUT2D eigenvalue weighted by molar-refractivity contribution is -0.239. The fraction of sp³-hybridized carbons (Fsp3) is 0.894. The van der Waals surface area contributed by atoms with Gasteiger partial charge in [-0.05, 0) is 110 Å². The molecule has 4 N–H and O–H groups in total. The Morgan fingerprint density at radius 2 is 1.47 bits per heavy atom. The molecule has 328 valence electrons. The summed E-state index contributed by atoms with van der Waals surface area (Å²) in [6.07, 6.45) is 6.41. The minimum absolute atomic E-state index is 0.00320. The molecule has 11 nitrogen and oxygen atoms in total. The summed E-state index contributed by atoms with van der Waals surface area (Å²) in [7, 11) is 0. The maximum Gasteiger partial charge on any atom is 0.309 e. The number of ketones is 1. The van der Waals surface area contributed by atoms with E-state index in [1.165, 1.54) is 0 Å². The van der Waals surface area contributed by atoms with Crippen LogP contribution in [0.2, 0.25) is 0 Å². The molecule has 6 fully saturated rings. The van der Waals surface area contributed by atoms with Crippen LogP contribution in [-0.2, 0) is 23.9 Å². The predicted molar refractivity (Wildman–Crippen MR) is 225 cm³/mol. The number of hydrogen-bond donors (Lipinski definition) is 3. The number of esters is 1. The fourth-order valence-electron chi connectivity index (χ4n) is 14.8. The summed E-state index contributed by atoms with van der Waals surface area (Å²) in [4.78, 5) is 46.8. The average molecular weight is 811 g/mol. The van der Waals surface area contributed by atoms with Gasteiger partial charge in [0.2, 0.25) is 0 Å². The number of carboxylic acid groups (broad SMARTS) is 1. The van der Waals surface area contributed by atoms with Gasteiger partial charge in [-0.3, -0.25) is 29.1 Å². The molecule has 0 amide bonds. The molecule has 0 spiro atoms. The Balaban J connectivity index is 1.10. The summed E-state index contributed by atoms with van der Waals surface area (Å²) < 4.78 is 11.7. The summed E-state index contributed by atoms with van der Waals surface area (Å²) in [5, 5.41) is 22.2. The maximum atomic E-state index is 14.3. The van der Waals surface area contributed by atoms with Gasteiger partial charge >= 0.3 is 11.9 Å². The van der Waals surface area contributed by atoms with Crippen molar-refractivity contribution in [3.05, 3.63) is 11.1 Å². The largest absolute Gasteiger partial charge is 0.481 e. The number of fused-ring (bicyclic) bond motifs is 7. The Hall–Kier alpha value is -1.89. The van der Waals surface area contributed by atoms with Gasteiger partial charge in [-0.2, -0.15) is 0 Å². The second-order valence-corrected chi connectivity index (χ2v) is 22.4. The quantitative estimate of drug-likeness (QED) is 0.219. The number of aliphatic carboxylic acids is 1. The summed E-state index contributed by atoms with van der Waals surface area (Å²) in [5.74, 6) is -0.468. The first-order valence-electron chi connectivity index (χ1n) is 23.0. The van der Waals surface area contributed by atoms with Crippen molar-refractivity contribution in [1.82, 2.24) is 14.7 Å². The van der Waals surface area contributed by atoms with Crippen LogP contribution in [-0.4, -0.2) is 132 Å². The summed E-state index contributed by atoms with van der Waals surface area (Å²) in [6.45, 7) is 29.6. The third-order valence-corrected chi connectivity index (χ3v) is 18.5. The van der Waals surface area contributed by atoms with Gasteiger partial charge in [-0.1, -0.05) is 48.5 Å². The summed E-state index contributed by atoms with van der Waals surface area (Å²) in [5.41, 5.74) is 6.95. The highest BCUT2D eigenvalue weighted by atomic mass is 16.5. The molecule has 4 saturated carbocycles. The number of piperazine rings is 1. The highest BCUT2D eigenvalue weighted by Gasteiger charge is 2.74. The van der Waals surface area contributed by atoms with Crippen LogP contribution in [0, 0.1) is 50.2 Å². The molecule has 0 radical (unpaired) electrons. The Labute approximate surface area is 349 Å². The number of Topliss-reactive ketones (excluding diaryl/α,β-unsaturated/α-hetero) is 1. The molecule has 9 atom stereocenters. The normalized spacial score (nSPS) is 40.4. The van der Waals surface area contributed by atoms with E-state index in [-0.39, 0.29) is 45.9 Å². The molecule has 0 unspecified atom stereocenters. The summed E-state index contributed by atoms with van der Waals surface area (Å²) in [6, 6.07) is 0. The lowest BCUT2D eigenvalue weighted by Crippen LogP contribution is -2.74. The molecule has 7 aliphatic rings. The second-order valence-electron chi connectivity index (χ2n) is 22.4. The first-order chi connectivity index (χ1) is 27.1. The number of allylic oxidation sites excluding steroid dienone is 1. The van der Waals surface area contributed by atoms with Gasteiger partial charge in [0.25, 0.3) is 0 Å². The smallest absolute Gasteiger partial charge is 0.309 e. The Kier molecular flexibility index (Phi) is 11.8. The molecule has 5 aliphatic carbocycles. The predicted octanol–water partition coefficient (Wildman–Crippen LogP) is 5.77. The lowest BCUT2D eigenvalue weighted by Gasteiger charge is -2.74. The molecule has 0 aromatic carbocycles. The molecule has 0 aromatic heterocycles. The van der Waals surface area contributed by atoms with Gasteiger partial charge in [-0.15, -0.1) is 0 Å². The van der Waals surface area contributed by atoms with Crippen molar-refractivity contribution in [1.29, 1.82) is 0 Å². The van der Waals surface area contributed by atoms with E-state index in [0.717, 1.165) is 128 Å². The zero-order valence-electron chi connectivity index (χ0n) is 37.6. The van der Waals surface area contributed by atoms with Crippen LogP contribution in [0.1, 0.15) is 127 Å². The van der Waals surface area contributed by atoms with E-state index in [1.54, 1.807) is 13.8 Å². The zero-order chi connectivity index (χ0) is 42.3. The SMILES string of the molecule is CC(C)C1=C2[C@@]([C@H](O)CN3CCN(CCN4CCOCC4)CC3)(CC[C@]3(C)[C@]2(N)CC[C@@H]2[C@@]4(C)CC[C@H](OC(=O)CC(C)(C)C(=O)O)C(C)(C)[C@@H]4CC[C@]23C)CC1=O. The standard InChI is InChI=1S/C47H78N4O7/c1-31(2)38-32(52)28-46(35(53)30-51-22-20-49(21-23-51)18-19-50-24-26-57-27-25-50)17-16-45(9)44(8)14-10-33-42(5,6)36(58-37(54)29-41(3,4)40(55)56)12-13-43(33,7)34(44)11-15-47(45,48)39(38)46/h31,33-36,53H,10-30,48H2,1-9H3,(H,55,56)/t33-,34+,35+,36-,43-,44+,45-,46-,47-/m0/s1. The lowest BCUT2D eigenvalue weighted by atomic mass is 9.31. The number of aliphatic hydroxyl groups excluding tert-OH is 1. The number of nitrogens with two attached hydrogens (primary N) is 1. The van der Waals surface area contributed by atoms with E-state index in [9.17, 15) is 24.6 Å². The number of carbonyl (C=O) groups is 3. The third kappa shape index (κ3) is 6.96. The summed E-state index contributed by atoms with van der Waals surface area (Å²) >= 11 is 0. The maximum absolute atomic E-state index is 14.3. The molecular weight excluding hydrogens is 733 g/mol. The topological polar surface area (TPSA) is 146 Å². The van der Waals surface area contributed by atoms with E-state index in [2.05, 4.69) is 63.2 Å². The molecule has 11 heteroatoms. The van der Waals surface area contributed by atoms with Crippen molar-refractivity contribution >= 4 is 17.7 Å². The number of ether oxygens (including phenoxy) is 2. The molecular formula is C47H78N4O7. The van der Waals surface area contributed by atoms with E-state index >= 15 is 0 Å². The molecule has 2 heterocycles. The van der Waals surface area contributed by atoms with Crippen molar-refractivity contribution < 1.29 is 34.1 Å². The minimum Gasteiger partial charge on any atom is -0.481 e. The Morgan fingerprint density at radius 1 is 0.862 bits per heavy atom. The molecule has 7 rings (SSSR count). The third-order valence-electron chi connectivity index (χ3n) is 18.5. The minimum atomic E-state index is -1.18. The number of β-amino-alcohol motifs (C(OH)–C–C–N with tert-alkyl or cyclic N) is 1. The van der Waals surface area contributed by atoms with Crippen LogP contribution in [0.3, 0.4) is 0 Å². The van der Waals surface area contributed by atoms with Crippen LogP contribution < -0.4 is 5.73 Å². The van der Waals surface area contributed by atoms with Gasteiger partial charge in [0.15, 0.2) is 5.78 Å². The zero-order valence-corrected chi connectivity index (χ0v) is 37.6. The molecule has 2 aliphatic heterocycles. The highest BCUT2D eigenvalue weighted by Crippen LogP contribution is 2.77. The number of carboxylic acids is 1. The molecule has 0 aromatic rings. The van der Waals surface area contributed by atoms with E-state index in [0.29, 0.717) is 24.8 Å². The number of aliphatic hydroxyl groups is 1. The number of morpholine rings is 1. The second kappa shape index (κ2) is 15.5.